The Morgan fingerprint density at radius 1 is 1.33 bits per heavy atom. The maximum Gasteiger partial charge on any atom is 0.253 e. The third kappa shape index (κ3) is 2.70. The molecule has 1 fully saturated rings. The van der Waals surface area contributed by atoms with Crippen molar-refractivity contribution in [1.82, 2.24) is 4.90 Å². The van der Waals surface area contributed by atoms with Crippen molar-refractivity contribution in [3.8, 4) is 6.07 Å². The van der Waals surface area contributed by atoms with Gasteiger partial charge in [0.1, 0.15) is 0 Å². The number of rotatable bonds is 2. The lowest BCUT2D eigenvalue weighted by molar-refractivity contribution is 0.0689. The fraction of sp³-hybridized carbons (Fsp3) is 0.467. The van der Waals surface area contributed by atoms with Crippen molar-refractivity contribution in [2.75, 3.05) is 13.1 Å². The van der Waals surface area contributed by atoms with E-state index in [1.807, 2.05) is 4.90 Å². The molecule has 3 nitrogen and oxygen atoms in total. The van der Waals surface area contributed by atoms with Crippen LogP contribution < -0.4 is 0 Å². The quantitative estimate of drug-likeness (QED) is 0.800. The summed E-state index contributed by atoms with van der Waals surface area (Å²) < 4.78 is 0. The molecule has 0 saturated carbocycles. The molecule has 1 saturated heterocycles. The fourth-order valence-corrected chi connectivity index (χ4v) is 2.41. The number of hydrogen-bond donors (Lipinski definition) is 0. The van der Waals surface area contributed by atoms with Crippen LogP contribution in [0.15, 0.2) is 24.3 Å². The number of nitrogens with zero attached hydrogens (tertiary/aromatic N) is 2. The molecule has 0 aliphatic carbocycles. The Labute approximate surface area is 108 Å². The van der Waals surface area contributed by atoms with Crippen molar-refractivity contribution in [3.63, 3.8) is 0 Å². The summed E-state index contributed by atoms with van der Waals surface area (Å²) in [6.07, 6.45) is 3.43. The van der Waals surface area contributed by atoms with E-state index in [2.05, 4.69) is 13.0 Å². The molecule has 18 heavy (non-hydrogen) atoms. The molecule has 0 unspecified atom stereocenters. The number of piperidine rings is 1. The van der Waals surface area contributed by atoms with E-state index in [-0.39, 0.29) is 5.91 Å². The van der Waals surface area contributed by atoms with Gasteiger partial charge < -0.3 is 4.90 Å². The molecule has 94 valence electrons. The zero-order chi connectivity index (χ0) is 13.0. The summed E-state index contributed by atoms with van der Waals surface area (Å²) in [5.74, 6) is 0.865. The zero-order valence-electron chi connectivity index (χ0n) is 10.7. The minimum atomic E-state index is 0.0917. The van der Waals surface area contributed by atoms with Gasteiger partial charge in [-0.3, -0.25) is 4.79 Å². The third-order valence-electron chi connectivity index (χ3n) is 3.74. The largest absolute Gasteiger partial charge is 0.339 e. The molecule has 1 aliphatic heterocycles. The average molecular weight is 242 g/mol. The van der Waals surface area contributed by atoms with Crippen LogP contribution in [0.5, 0.6) is 0 Å². The Hall–Kier alpha value is -1.82. The van der Waals surface area contributed by atoms with Gasteiger partial charge in [0.05, 0.1) is 11.6 Å². The number of benzene rings is 1. The van der Waals surface area contributed by atoms with Crippen LogP contribution in [0, 0.1) is 17.2 Å². The molecule has 1 aromatic rings. The van der Waals surface area contributed by atoms with Gasteiger partial charge in [-0.05, 0) is 43.0 Å². The highest BCUT2D eigenvalue weighted by Crippen LogP contribution is 2.21. The minimum absolute atomic E-state index is 0.0917. The second kappa shape index (κ2) is 5.68. The van der Waals surface area contributed by atoms with E-state index < -0.39 is 0 Å². The molecule has 3 heteroatoms. The maximum absolute atomic E-state index is 12.2. The average Bonchev–Trinajstić information content (AvgIpc) is 2.47. The molecule has 1 amide bonds. The highest BCUT2D eigenvalue weighted by atomic mass is 16.2. The number of hydrogen-bond acceptors (Lipinski definition) is 2. The van der Waals surface area contributed by atoms with Gasteiger partial charge in [-0.1, -0.05) is 13.3 Å². The van der Waals surface area contributed by atoms with Gasteiger partial charge in [0.25, 0.3) is 5.91 Å². The topological polar surface area (TPSA) is 44.1 Å². The second-order valence-corrected chi connectivity index (χ2v) is 4.83. The van der Waals surface area contributed by atoms with E-state index in [4.69, 9.17) is 5.26 Å². The molecule has 1 aliphatic rings. The molecule has 1 aromatic carbocycles. The predicted octanol–water partition coefficient (Wildman–Crippen LogP) is 2.82. The van der Waals surface area contributed by atoms with E-state index in [0.717, 1.165) is 31.8 Å². The van der Waals surface area contributed by atoms with Gasteiger partial charge in [0.2, 0.25) is 0 Å². The smallest absolute Gasteiger partial charge is 0.253 e. The van der Waals surface area contributed by atoms with Gasteiger partial charge in [-0.25, -0.2) is 0 Å². The molecule has 0 atom stereocenters. The first kappa shape index (κ1) is 12.6. The highest BCUT2D eigenvalue weighted by molar-refractivity contribution is 5.94. The van der Waals surface area contributed by atoms with Gasteiger partial charge >= 0.3 is 0 Å². The summed E-state index contributed by atoms with van der Waals surface area (Å²) in [7, 11) is 0. The molecule has 0 radical (unpaired) electrons. The van der Waals surface area contributed by atoms with Crippen LogP contribution in [0.3, 0.4) is 0 Å². The van der Waals surface area contributed by atoms with Crippen LogP contribution in [0.1, 0.15) is 42.1 Å². The van der Waals surface area contributed by atoms with E-state index in [9.17, 15) is 4.79 Å². The van der Waals surface area contributed by atoms with Crippen molar-refractivity contribution >= 4 is 5.91 Å². The molecule has 0 aromatic heterocycles. The van der Waals surface area contributed by atoms with Gasteiger partial charge in [0.15, 0.2) is 0 Å². The standard InChI is InChI=1S/C15H18N2O/c1-2-12-7-9-17(10-8-12)15(18)14-5-3-13(11-16)4-6-14/h3-6,12H,2,7-10H2,1H3. The van der Waals surface area contributed by atoms with Gasteiger partial charge in [-0.15, -0.1) is 0 Å². The highest BCUT2D eigenvalue weighted by Gasteiger charge is 2.22. The zero-order valence-corrected chi connectivity index (χ0v) is 10.7. The predicted molar refractivity (Wildman–Crippen MR) is 70.1 cm³/mol. The van der Waals surface area contributed by atoms with E-state index in [1.165, 1.54) is 6.42 Å². The Morgan fingerprint density at radius 2 is 1.94 bits per heavy atom. The normalized spacial score (nSPS) is 16.3. The van der Waals surface area contributed by atoms with Crippen LogP contribution in [0.25, 0.3) is 0 Å². The van der Waals surface area contributed by atoms with E-state index in [0.29, 0.717) is 11.1 Å². The SMILES string of the molecule is CCC1CCN(C(=O)c2ccc(C#N)cc2)CC1. The lowest BCUT2D eigenvalue weighted by atomic mass is 9.94. The van der Waals surface area contributed by atoms with Crippen LogP contribution in [-0.4, -0.2) is 23.9 Å². The summed E-state index contributed by atoms with van der Waals surface area (Å²) in [4.78, 5) is 14.2. The summed E-state index contributed by atoms with van der Waals surface area (Å²) in [6, 6.07) is 8.95. The first-order chi connectivity index (χ1) is 8.74. The van der Waals surface area contributed by atoms with Crippen molar-refractivity contribution in [2.24, 2.45) is 5.92 Å². The Morgan fingerprint density at radius 3 is 2.44 bits per heavy atom. The molecule has 2 rings (SSSR count). The van der Waals surface area contributed by atoms with E-state index in [1.54, 1.807) is 24.3 Å². The maximum atomic E-state index is 12.2. The molecule has 1 heterocycles. The van der Waals surface area contributed by atoms with Crippen LogP contribution >= 0.6 is 0 Å². The molecule has 0 spiro atoms. The van der Waals surface area contributed by atoms with Crippen molar-refractivity contribution in [3.05, 3.63) is 35.4 Å². The molecular weight excluding hydrogens is 224 g/mol. The molecular formula is C15H18N2O. The summed E-state index contributed by atoms with van der Waals surface area (Å²) >= 11 is 0. The monoisotopic (exact) mass is 242 g/mol. The van der Waals surface area contributed by atoms with Crippen LogP contribution in [0.4, 0.5) is 0 Å². The minimum Gasteiger partial charge on any atom is -0.339 e. The van der Waals surface area contributed by atoms with E-state index >= 15 is 0 Å². The Kier molecular flexibility index (Phi) is 3.99. The van der Waals surface area contributed by atoms with Gasteiger partial charge in [0, 0.05) is 18.7 Å². The second-order valence-electron chi connectivity index (χ2n) is 4.83. The number of carbonyl (C=O) groups is 1. The van der Waals surface area contributed by atoms with Crippen LogP contribution in [-0.2, 0) is 0 Å². The fourth-order valence-electron chi connectivity index (χ4n) is 2.41. The summed E-state index contributed by atoms with van der Waals surface area (Å²) in [5.41, 5.74) is 1.28. The van der Waals surface area contributed by atoms with Gasteiger partial charge in [-0.2, -0.15) is 5.26 Å². The van der Waals surface area contributed by atoms with Crippen LogP contribution in [0.2, 0.25) is 0 Å². The Bertz CT molecular complexity index is 450. The Balaban J connectivity index is 2.01. The number of carbonyl (C=O) groups excluding carboxylic acids is 1. The first-order valence-corrected chi connectivity index (χ1v) is 6.54. The lowest BCUT2D eigenvalue weighted by Gasteiger charge is -2.31. The number of likely N-dealkylation sites (tertiary alicyclic amines) is 1. The third-order valence-corrected chi connectivity index (χ3v) is 3.74. The molecule has 0 N–H and O–H groups in total. The number of amides is 1. The van der Waals surface area contributed by atoms with Crippen molar-refractivity contribution in [2.45, 2.75) is 26.2 Å². The summed E-state index contributed by atoms with van der Waals surface area (Å²) in [6.45, 7) is 3.93. The van der Waals surface area contributed by atoms with Crippen molar-refractivity contribution in [1.29, 1.82) is 5.26 Å². The first-order valence-electron chi connectivity index (χ1n) is 6.54. The lowest BCUT2D eigenvalue weighted by Crippen LogP contribution is -2.38. The number of nitriles is 1. The van der Waals surface area contributed by atoms with Crippen molar-refractivity contribution < 1.29 is 4.79 Å². The molecule has 0 bridgehead atoms. The summed E-state index contributed by atoms with van der Waals surface area (Å²) in [5, 5.41) is 8.73.